The van der Waals surface area contributed by atoms with Gasteiger partial charge < -0.3 is 20.1 Å². The van der Waals surface area contributed by atoms with Gasteiger partial charge in [0, 0.05) is 24.3 Å². The molecule has 2 rings (SSSR count). The molecule has 0 aromatic heterocycles. The first-order chi connectivity index (χ1) is 10.0. The number of rotatable bonds is 4. The van der Waals surface area contributed by atoms with E-state index >= 15 is 0 Å². The van der Waals surface area contributed by atoms with Crippen molar-refractivity contribution < 1.29 is 14.3 Å². The largest absolute Gasteiger partial charge is 0.469 e. The van der Waals surface area contributed by atoms with Gasteiger partial charge in [0.1, 0.15) is 4.99 Å². The van der Waals surface area contributed by atoms with Gasteiger partial charge in [-0.15, -0.1) is 0 Å². The van der Waals surface area contributed by atoms with Crippen molar-refractivity contribution in [1.82, 2.24) is 0 Å². The fraction of sp³-hybridized carbons (Fsp3) is 0.429. The number of morpholine rings is 1. The lowest BCUT2D eigenvalue weighted by Crippen LogP contribution is -2.43. The molecule has 1 aliphatic heterocycles. The second kappa shape index (κ2) is 7.06. The predicted octanol–water partition coefficient (Wildman–Crippen LogP) is 1.74. The third-order valence-corrected chi connectivity index (χ3v) is 3.88. The van der Waals surface area contributed by atoms with Crippen molar-refractivity contribution in [3.05, 3.63) is 28.8 Å². The highest BCUT2D eigenvalue weighted by molar-refractivity contribution is 7.80. The van der Waals surface area contributed by atoms with Gasteiger partial charge in [-0.3, -0.25) is 4.79 Å². The number of carbonyl (C=O) groups is 1. The number of carbonyl (C=O) groups excluding carboxylic acids is 1. The molecule has 1 aromatic carbocycles. The van der Waals surface area contributed by atoms with Crippen LogP contribution in [0.5, 0.6) is 0 Å². The molecule has 5 nitrogen and oxygen atoms in total. The number of hydrogen-bond acceptors (Lipinski definition) is 5. The van der Waals surface area contributed by atoms with E-state index in [9.17, 15) is 4.79 Å². The zero-order valence-corrected chi connectivity index (χ0v) is 13.2. The first kappa shape index (κ1) is 16.0. The summed E-state index contributed by atoms with van der Waals surface area (Å²) in [5.41, 5.74) is 7.22. The predicted molar refractivity (Wildman–Crippen MR) is 85.9 cm³/mol. The van der Waals surface area contributed by atoms with Crippen molar-refractivity contribution in [2.24, 2.45) is 5.73 Å². The molecule has 1 atom stereocenters. The molecule has 1 aliphatic rings. The van der Waals surface area contributed by atoms with Crippen LogP contribution in [0.15, 0.2) is 18.2 Å². The lowest BCUT2D eigenvalue weighted by atomic mass is 10.1. The number of nitrogens with two attached hydrogens (primary N) is 1. The van der Waals surface area contributed by atoms with Crippen LogP contribution < -0.4 is 10.6 Å². The molecule has 1 heterocycles. The van der Waals surface area contributed by atoms with Gasteiger partial charge in [0.25, 0.3) is 0 Å². The zero-order valence-electron chi connectivity index (χ0n) is 11.7. The van der Waals surface area contributed by atoms with Crippen LogP contribution in [0, 0.1) is 0 Å². The summed E-state index contributed by atoms with van der Waals surface area (Å²) in [5.74, 6) is -0.274. The van der Waals surface area contributed by atoms with Gasteiger partial charge >= 0.3 is 5.97 Å². The van der Waals surface area contributed by atoms with E-state index in [1.54, 1.807) is 0 Å². The fourth-order valence-corrected chi connectivity index (χ4v) is 2.76. The lowest BCUT2D eigenvalue weighted by Gasteiger charge is -2.34. The lowest BCUT2D eigenvalue weighted by molar-refractivity contribution is -0.144. The van der Waals surface area contributed by atoms with Crippen molar-refractivity contribution in [3.63, 3.8) is 0 Å². The number of benzene rings is 1. The van der Waals surface area contributed by atoms with E-state index in [0.717, 1.165) is 12.2 Å². The molecule has 1 aromatic rings. The summed E-state index contributed by atoms with van der Waals surface area (Å²) in [4.78, 5) is 13.7. The van der Waals surface area contributed by atoms with E-state index in [4.69, 9.17) is 34.3 Å². The Labute approximate surface area is 133 Å². The molecule has 0 amide bonds. The Morgan fingerprint density at radius 2 is 2.38 bits per heavy atom. The summed E-state index contributed by atoms with van der Waals surface area (Å²) in [6.45, 7) is 1.90. The number of halogens is 1. The Morgan fingerprint density at radius 1 is 1.62 bits per heavy atom. The van der Waals surface area contributed by atoms with Crippen molar-refractivity contribution in [3.8, 4) is 0 Å². The molecule has 1 unspecified atom stereocenters. The number of methoxy groups -OCH3 is 1. The van der Waals surface area contributed by atoms with Gasteiger partial charge in [-0.2, -0.15) is 0 Å². The smallest absolute Gasteiger partial charge is 0.308 e. The average Bonchev–Trinajstić information content (AvgIpc) is 2.47. The Hall–Kier alpha value is -1.37. The number of anilines is 1. The number of thiocarbonyl (C=S) groups is 1. The first-order valence-corrected chi connectivity index (χ1v) is 7.32. The summed E-state index contributed by atoms with van der Waals surface area (Å²) in [5, 5.41) is 0.524. The highest BCUT2D eigenvalue weighted by Gasteiger charge is 2.23. The molecule has 0 spiro atoms. The second-order valence-corrected chi connectivity index (χ2v) is 5.59. The number of nitrogens with zero attached hydrogens (tertiary/aromatic N) is 1. The third kappa shape index (κ3) is 4.06. The highest BCUT2D eigenvalue weighted by Crippen LogP contribution is 2.25. The van der Waals surface area contributed by atoms with E-state index in [0.29, 0.717) is 23.7 Å². The van der Waals surface area contributed by atoms with Crippen molar-refractivity contribution in [2.75, 3.05) is 31.7 Å². The number of hydrogen-bond donors (Lipinski definition) is 1. The van der Waals surface area contributed by atoms with Crippen LogP contribution in [0.1, 0.15) is 12.0 Å². The maximum Gasteiger partial charge on any atom is 0.308 e. The normalized spacial score (nSPS) is 18.4. The maximum absolute atomic E-state index is 11.3. The minimum absolute atomic E-state index is 0.180. The Morgan fingerprint density at radius 3 is 3.00 bits per heavy atom. The summed E-state index contributed by atoms with van der Waals surface area (Å²) in [7, 11) is 1.37. The van der Waals surface area contributed by atoms with Gasteiger partial charge in [0.15, 0.2) is 0 Å². The Balaban J connectivity index is 2.09. The summed E-state index contributed by atoms with van der Waals surface area (Å²) in [6, 6.07) is 5.56. The van der Waals surface area contributed by atoms with Crippen molar-refractivity contribution in [1.29, 1.82) is 0 Å². The van der Waals surface area contributed by atoms with Gasteiger partial charge in [-0.1, -0.05) is 23.8 Å². The van der Waals surface area contributed by atoms with Gasteiger partial charge in [-0.25, -0.2) is 0 Å². The van der Waals surface area contributed by atoms with E-state index in [1.807, 2.05) is 18.2 Å². The van der Waals surface area contributed by atoms with Crippen molar-refractivity contribution in [2.45, 2.75) is 12.5 Å². The topological polar surface area (TPSA) is 64.8 Å². The maximum atomic E-state index is 11.3. The van der Waals surface area contributed by atoms with E-state index < -0.39 is 0 Å². The highest BCUT2D eigenvalue weighted by atomic mass is 35.5. The standard InChI is InChI=1S/C14H17ClN2O3S/c1-19-13(18)7-10-8-17(4-5-20-10)9-2-3-11(14(16)21)12(15)6-9/h2-3,6,10H,4-5,7-8H2,1H3,(H2,16,21). The summed E-state index contributed by atoms with van der Waals surface area (Å²) < 4.78 is 10.2. The minimum atomic E-state index is -0.274. The molecule has 0 saturated carbocycles. The van der Waals surface area contributed by atoms with Crippen LogP contribution in [0.2, 0.25) is 5.02 Å². The van der Waals surface area contributed by atoms with E-state index in [2.05, 4.69) is 9.64 Å². The van der Waals surface area contributed by atoms with Crippen LogP contribution in [0.25, 0.3) is 0 Å². The molecule has 1 saturated heterocycles. The van der Waals surface area contributed by atoms with Gasteiger partial charge in [0.05, 0.1) is 31.3 Å². The molecule has 0 aliphatic carbocycles. The molecule has 7 heteroatoms. The van der Waals surface area contributed by atoms with Crippen LogP contribution in [-0.4, -0.2) is 43.9 Å². The van der Waals surface area contributed by atoms with Crippen LogP contribution >= 0.6 is 23.8 Å². The molecule has 0 bridgehead atoms. The SMILES string of the molecule is COC(=O)CC1CN(c2ccc(C(N)=S)c(Cl)c2)CCO1. The number of ether oxygens (including phenoxy) is 2. The van der Waals surface area contributed by atoms with Gasteiger partial charge in [0.2, 0.25) is 0 Å². The second-order valence-electron chi connectivity index (χ2n) is 4.75. The Bertz CT molecular complexity index is 553. The molecule has 1 fully saturated rings. The average molecular weight is 329 g/mol. The van der Waals surface area contributed by atoms with Crippen LogP contribution in [0.3, 0.4) is 0 Å². The van der Waals surface area contributed by atoms with Crippen molar-refractivity contribution >= 4 is 40.5 Å². The van der Waals surface area contributed by atoms with E-state index in [-0.39, 0.29) is 23.5 Å². The molecular weight excluding hydrogens is 312 g/mol. The Kier molecular flexibility index (Phi) is 5.39. The molecule has 0 radical (unpaired) electrons. The fourth-order valence-electron chi connectivity index (χ4n) is 2.25. The monoisotopic (exact) mass is 328 g/mol. The third-order valence-electron chi connectivity index (χ3n) is 3.34. The minimum Gasteiger partial charge on any atom is -0.469 e. The molecule has 2 N–H and O–H groups in total. The summed E-state index contributed by atoms with van der Waals surface area (Å²) in [6.07, 6.45) is 0.0614. The molecular formula is C14H17ClN2O3S. The molecule has 114 valence electrons. The summed E-state index contributed by atoms with van der Waals surface area (Å²) >= 11 is 11.1. The van der Waals surface area contributed by atoms with E-state index in [1.165, 1.54) is 7.11 Å². The number of esters is 1. The quantitative estimate of drug-likeness (QED) is 0.671. The zero-order chi connectivity index (χ0) is 15.4. The first-order valence-electron chi connectivity index (χ1n) is 6.54. The van der Waals surface area contributed by atoms with Crippen LogP contribution in [0.4, 0.5) is 5.69 Å². The molecule has 21 heavy (non-hydrogen) atoms. The van der Waals surface area contributed by atoms with Gasteiger partial charge in [-0.05, 0) is 18.2 Å². The van der Waals surface area contributed by atoms with Crippen LogP contribution in [-0.2, 0) is 14.3 Å².